The molecular formula is C21H28N2O5S. The van der Waals surface area contributed by atoms with Gasteiger partial charge in [0.25, 0.3) is 0 Å². The molecule has 2 rings (SSSR count). The minimum atomic E-state index is -3.41. The second-order valence-corrected chi connectivity index (χ2v) is 8.64. The van der Waals surface area contributed by atoms with E-state index in [4.69, 9.17) is 9.47 Å². The molecule has 0 spiro atoms. The Kier molecular flexibility index (Phi) is 8.33. The van der Waals surface area contributed by atoms with Gasteiger partial charge in [0.15, 0.2) is 0 Å². The van der Waals surface area contributed by atoms with E-state index in [-0.39, 0.29) is 24.9 Å². The van der Waals surface area contributed by atoms with Crippen molar-refractivity contribution in [2.75, 3.05) is 30.8 Å². The number of hydrogen-bond acceptors (Lipinski definition) is 5. The number of rotatable bonds is 11. The van der Waals surface area contributed by atoms with Gasteiger partial charge in [0.2, 0.25) is 15.9 Å². The SMILES string of the molecule is COc1ccc(OCC(C)NC(=O)CCCN(c2ccccc2)S(C)(=O)=O)cc1. The molecule has 0 bridgehead atoms. The summed E-state index contributed by atoms with van der Waals surface area (Å²) in [6.07, 6.45) is 1.81. The lowest BCUT2D eigenvalue weighted by Gasteiger charge is -2.22. The number of benzene rings is 2. The largest absolute Gasteiger partial charge is 0.497 e. The summed E-state index contributed by atoms with van der Waals surface area (Å²) in [5, 5.41) is 2.87. The van der Waals surface area contributed by atoms with E-state index in [1.807, 2.05) is 13.0 Å². The van der Waals surface area contributed by atoms with Crippen LogP contribution >= 0.6 is 0 Å². The first-order valence-corrected chi connectivity index (χ1v) is 11.2. The molecule has 8 heteroatoms. The minimum Gasteiger partial charge on any atom is -0.497 e. The molecule has 1 unspecified atom stereocenters. The van der Waals surface area contributed by atoms with Crippen LogP contribution in [0.1, 0.15) is 19.8 Å². The first-order valence-electron chi connectivity index (χ1n) is 9.38. The summed E-state index contributed by atoms with van der Waals surface area (Å²) in [5.41, 5.74) is 0.594. The van der Waals surface area contributed by atoms with E-state index in [1.165, 1.54) is 10.6 Å². The van der Waals surface area contributed by atoms with E-state index in [0.717, 1.165) is 5.75 Å². The monoisotopic (exact) mass is 420 g/mol. The number of methoxy groups -OCH3 is 1. The number of ether oxygens (including phenoxy) is 2. The molecule has 0 aliphatic heterocycles. The summed E-state index contributed by atoms with van der Waals surface area (Å²) in [4.78, 5) is 12.2. The van der Waals surface area contributed by atoms with Crippen molar-refractivity contribution < 1.29 is 22.7 Å². The highest BCUT2D eigenvalue weighted by molar-refractivity contribution is 7.92. The Bertz CT molecular complexity index is 870. The van der Waals surface area contributed by atoms with Crippen LogP contribution < -0.4 is 19.1 Å². The van der Waals surface area contributed by atoms with Gasteiger partial charge in [-0.05, 0) is 49.7 Å². The number of hydrogen-bond donors (Lipinski definition) is 1. The predicted molar refractivity (Wildman–Crippen MR) is 114 cm³/mol. The normalized spacial score (nSPS) is 12.1. The molecule has 1 atom stereocenters. The Hall–Kier alpha value is -2.74. The van der Waals surface area contributed by atoms with Gasteiger partial charge in [0.05, 0.1) is 25.1 Å². The zero-order valence-electron chi connectivity index (χ0n) is 17.0. The van der Waals surface area contributed by atoms with Gasteiger partial charge in [-0.1, -0.05) is 18.2 Å². The van der Waals surface area contributed by atoms with Crippen molar-refractivity contribution in [2.24, 2.45) is 0 Å². The molecule has 0 radical (unpaired) electrons. The molecule has 0 aliphatic rings. The van der Waals surface area contributed by atoms with Crippen molar-refractivity contribution in [3.05, 3.63) is 54.6 Å². The first kappa shape index (κ1) is 22.5. The number of carbonyl (C=O) groups excluding carboxylic acids is 1. The molecule has 0 saturated carbocycles. The van der Waals surface area contributed by atoms with E-state index >= 15 is 0 Å². The van der Waals surface area contributed by atoms with E-state index in [2.05, 4.69) is 5.32 Å². The van der Waals surface area contributed by atoms with Crippen molar-refractivity contribution in [1.82, 2.24) is 5.32 Å². The molecule has 0 heterocycles. The van der Waals surface area contributed by atoms with Gasteiger partial charge < -0.3 is 14.8 Å². The fourth-order valence-electron chi connectivity index (χ4n) is 2.75. The highest BCUT2D eigenvalue weighted by Gasteiger charge is 2.17. The van der Waals surface area contributed by atoms with E-state index in [0.29, 0.717) is 24.5 Å². The van der Waals surface area contributed by atoms with Crippen LogP contribution in [0.5, 0.6) is 11.5 Å². The van der Waals surface area contributed by atoms with Gasteiger partial charge in [-0.25, -0.2) is 8.42 Å². The number of carbonyl (C=O) groups is 1. The Morgan fingerprint density at radius 3 is 2.28 bits per heavy atom. The highest BCUT2D eigenvalue weighted by Crippen LogP contribution is 2.18. The molecular weight excluding hydrogens is 392 g/mol. The first-order chi connectivity index (χ1) is 13.8. The Morgan fingerprint density at radius 2 is 1.69 bits per heavy atom. The quantitative estimate of drug-likeness (QED) is 0.604. The molecule has 0 aromatic heterocycles. The number of sulfonamides is 1. The maximum atomic E-state index is 12.2. The van der Waals surface area contributed by atoms with E-state index in [9.17, 15) is 13.2 Å². The van der Waals surface area contributed by atoms with Crippen LogP contribution in [-0.4, -0.2) is 46.9 Å². The lowest BCUT2D eigenvalue weighted by molar-refractivity contribution is -0.121. The molecule has 158 valence electrons. The van der Waals surface area contributed by atoms with Crippen LogP contribution in [0, 0.1) is 0 Å². The number of nitrogens with zero attached hydrogens (tertiary/aromatic N) is 1. The van der Waals surface area contributed by atoms with Crippen LogP contribution in [-0.2, 0) is 14.8 Å². The fourth-order valence-corrected chi connectivity index (χ4v) is 3.71. The lowest BCUT2D eigenvalue weighted by atomic mass is 10.2. The lowest BCUT2D eigenvalue weighted by Crippen LogP contribution is -2.37. The molecule has 1 N–H and O–H groups in total. The summed E-state index contributed by atoms with van der Waals surface area (Å²) < 4.78 is 36.2. The van der Waals surface area contributed by atoms with Gasteiger partial charge in [-0.3, -0.25) is 9.10 Å². The van der Waals surface area contributed by atoms with Gasteiger partial charge in [0.1, 0.15) is 18.1 Å². The van der Waals surface area contributed by atoms with E-state index in [1.54, 1.807) is 55.6 Å². The maximum absolute atomic E-state index is 12.2. The molecule has 0 fully saturated rings. The van der Waals surface area contributed by atoms with Gasteiger partial charge in [0, 0.05) is 13.0 Å². The van der Waals surface area contributed by atoms with E-state index < -0.39 is 10.0 Å². The Balaban J connectivity index is 1.76. The van der Waals surface area contributed by atoms with Crippen molar-refractivity contribution in [3.8, 4) is 11.5 Å². The summed E-state index contributed by atoms with van der Waals surface area (Å²) in [6.45, 7) is 2.43. The Morgan fingerprint density at radius 1 is 1.07 bits per heavy atom. The third-order valence-electron chi connectivity index (χ3n) is 4.18. The Labute approximate surface area is 172 Å². The molecule has 2 aromatic carbocycles. The maximum Gasteiger partial charge on any atom is 0.232 e. The van der Waals surface area contributed by atoms with Crippen LogP contribution in [0.15, 0.2) is 54.6 Å². The zero-order chi connectivity index (χ0) is 21.3. The molecule has 29 heavy (non-hydrogen) atoms. The van der Waals surface area contributed by atoms with Gasteiger partial charge in [-0.15, -0.1) is 0 Å². The minimum absolute atomic E-state index is 0.141. The average molecular weight is 421 g/mol. The third-order valence-corrected chi connectivity index (χ3v) is 5.37. The molecule has 7 nitrogen and oxygen atoms in total. The van der Waals surface area contributed by atoms with Gasteiger partial charge >= 0.3 is 0 Å². The summed E-state index contributed by atoms with van der Waals surface area (Å²) in [6, 6.07) is 15.9. The fraction of sp³-hybridized carbons (Fsp3) is 0.381. The molecule has 2 aromatic rings. The predicted octanol–water partition coefficient (Wildman–Crippen LogP) is 2.83. The van der Waals surface area contributed by atoms with Crippen LogP contribution in [0.2, 0.25) is 0 Å². The number of para-hydroxylation sites is 1. The zero-order valence-corrected chi connectivity index (χ0v) is 17.8. The van der Waals surface area contributed by atoms with Crippen LogP contribution in [0.25, 0.3) is 0 Å². The average Bonchev–Trinajstić information content (AvgIpc) is 2.69. The van der Waals surface area contributed by atoms with Crippen molar-refractivity contribution in [1.29, 1.82) is 0 Å². The summed E-state index contributed by atoms with van der Waals surface area (Å²) >= 11 is 0. The third kappa shape index (κ3) is 7.65. The van der Waals surface area contributed by atoms with Gasteiger partial charge in [-0.2, -0.15) is 0 Å². The van der Waals surface area contributed by atoms with Crippen molar-refractivity contribution >= 4 is 21.6 Å². The van der Waals surface area contributed by atoms with Crippen molar-refractivity contribution in [2.45, 2.75) is 25.8 Å². The molecule has 1 amide bonds. The molecule has 0 aliphatic carbocycles. The number of amides is 1. The number of anilines is 1. The topological polar surface area (TPSA) is 84.9 Å². The number of nitrogens with one attached hydrogen (secondary N) is 1. The summed E-state index contributed by atoms with van der Waals surface area (Å²) in [5.74, 6) is 1.30. The second-order valence-electron chi connectivity index (χ2n) is 6.73. The smallest absolute Gasteiger partial charge is 0.232 e. The molecule has 0 saturated heterocycles. The summed E-state index contributed by atoms with van der Waals surface area (Å²) in [7, 11) is -1.81. The second kappa shape index (κ2) is 10.7. The van der Waals surface area contributed by atoms with Crippen molar-refractivity contribution in [3.63, 3.8) is 0 Å². The van der Waals surface area contributed by atoms with Crippen LogP contribution in [0.3, 0.4) is 0 Å². The van der Waals surface area contributed by atoms with Crippen LogP contribution in [0.4, 0.5) is 5.69 Å². The standard InChI is InChI=1S/C21H28N2O5S/c1-17(16-28-20-13-11-19(27-2)12-14-20)22-21(24)10-7-15-23(29(3,25)26)18-8-5-4-6-9-18/h4-6,8-9,11-14,17H,7,10,15-16H2,1-3H3,(H,22,24). The highest BCUT2D eigenvalue weighted by atomic mass is 32.2.